The van der Waals surface area contributed by atoms with Gasteiger partial charge in [-0.2, -0.15) is 0 Å². The minimum absolute atomic E-state index is 0.654. The Hall–Kier alpha value is -0.150. The van der Waals surface area contributed by atoms with E-state index in [0.717, 1.165) is 0 Å². The van der Waals surface area contributed by atoms with Gasteiger partial charge < -0.3 is 0 Å². The van der Waals surface area contributed by atoms with Crippen LogP contribution in [0.15, 0.2) is 24.5 Å². The van der Waals surface area contributed by atoms with Crippen molar-refractivity contribution < 1.29 is 0 Å². The lowest BCUT2D eigenvalue weighted by Crippen LogP contribution is -1.99. The van der Waals surface area contributed by atoms with Crippen LogP contribution < -0.4 is 0 Å². The lowest BCUT2D eigenvalue weighted by Gasteiger charge is -2.20. The first-order valence-corrected chi connectivity index (χ1v) is 6.20. The predicted molar refractivity (Wildman–Crippen MR) is 56.5 cm³/mol. The van der Waals surface area contributed by atoms with E-state index in [2.05, 4.69) is 40.6 Å². The fraction of sp³-hybridized carbons (Fsp3) is 0.444. The monoisotopic (exact) mass is 197 g/mol. The molecule has 1 aliphatic rings. The first-order valence-electron chi connectivity index (χ1n) is 4.10. The van der Waals surface area contributed by atoms with Gasteiger partial charge in [0, 0.05) is 12.4 Å². The molecule has 0 bridgehead atoms. The Kier molecular flexibility index (Phi) is 2.95. The largest absolute Gasteiger partial charge is 0.265 e. The molecule has 1 aliphatic heterocycles. The molecule has 1 aromatic rings. The van der Waals surface area contributed by atoms with Crippen LogP contribution in [0.5, 0.6) is 0 Å². The Balaban J connectivity index is 2.08. The Bertz CT molecular complexity index is 232. The van der Waals surface area contributed by atoms with Crippen molar-refractivity contribution in [2.45, 2.75) is 11.0 Å². The van der Waals surface area contributed by atoms with Crippen molar-refractivity contribution in [2.75, 3.05) is 11.5 Å². The van der Waals surface area contributed by atoms with E-state index < -0.39 is 0 Å². The highest BCUT2D eigenvalue weighted by Gasteiger charge is 2.15. The summed E-state index contributed by atoms with van der Waals surface area (Å²) in [5, 5.41) is 0. The number of rotatable bonds is 1. The molecular formula is C9H11NS2. The van der Waals surface area contributed by atoms with Crippen molar-refractivity contribution in [3.8, 4) is 0 Å². The molecule has 1 aromatic heterocycles. The van der Waals surface area contributed by atoms with Crippen LogP contribution in [0.25, 0.3) is 0 Å². The Morgan fingerprint density at radius 1 is 1.17 bits per heavy atom. The van der Waals surface area contributed by atoms with Crippen molar-refractivity contribution in [1.29, 1.82) is 0 Å². The molecule has 1 saturated heterocycles. The molecule has 0 radical (unpaired) electrons. The zero-order chi connectivity index (χ0) is 8.23. The van der Waals surface area contributed by atoms with E-state index in [9.17, 15) is 0 Å². The van der Waals surface area contributed by atoms with Gasteiger partial charge in [-0.15, -0.1) is 23.5 Å². The van der Waals surface area contributed by atoms with Crippen LogP contribution in [0, 0.1) is 0 Å². The van der Waals surface area contributed by atoms with E-state index in [0.29, 0.717) is 4.58 Å². The van der Waals surface area contributed by atoms with Crippen LogP contribution in [0.3, 0.4) is 0 Å². The molecule has 0 unspecified atom stereocenters. The zero-order valence-corrected chi connectivity index (χ0v) is 8.40. The topological polar surface area (TPSA) is 12.9 Å². The average molecular weight is 197 g/mol. The van der Waals surface area contributed by atoms with Crippen LogP contribution >= 0.6 is 23.5 Å². The summed E-state index contributed by atoms with van der Waals surface area (Å²) in [6, 6.07) is 4.24. The summed E-state index contributed by atoms with van der Waals surface area (Å²) >= 11 is 4.10. The molecule has 0 aliphatic carbocycles. The fourth-order valence-corrected chi connectivity index (χ4v) is 4.10. The van der Waals surface area contributed by atoms with Crippen LogP contribution in [-0.2, 0) is 0 Å². The van der Waals surface area contributed by atoms with Crippen molar-refractivity contribution in [2.24, 2.45) is 0 Å². The number of aromatic nitrogens is 1. The molecule has 0 aromatic carbocycles. The van der Waals surface area contributed by atoms with Gasteiger partial charge >= 0.3 is 0 Å². The molecule has 2 rings (SSSR count). The second-order valence-corrected chi connectivity index (χ2v) is 5.43. The first kappa shape index (κ1) is 8.45. The third-order valence-electron chi connectivity index (χ3n) is 1.81. The van der Waals surface area contributed by atoms with Crippen molar-refractivity contribution >= 4 is 23.5 Å². The van der Waals surface area contributed by atoms with Gasteiger partial charge in [0.2, 0.25) is 0 Å². The molecule has 0 N–H and O–H groups in total. The molecule has 0 amide bonds. The van der Waals surface area contributed by atoms with Crippen LogP contribution in [-0.4, -0.2) is 16.5 Å². The molecule has 3 heteroatoms. The number of hydrogen-bond acceptors (Lipinski definition) is 3. The standard InChI is InChI=1S/C9H11NS2/c1-6-11-9(12-7-1)8-2-4-10-5-3-8/h2-5,9H,1,6-7H2. The van der Waals surface area contributed by atoms with Crippen molar-refractivity contribution in [3.63, 3.8) is 0 Å². The lowest BCUT2D eigenvalue weighted by molar-refractivity contribution is 1.09. The third kappa shape index (κ3) is 1.96. The highest BCUT2D eigenvalue weighted by Crippen LogP contribution is 2.43. The van der Waals surface area contributed by atoms with E-state index in [1.807, 2.05) is 12.4 Å². The van der Waals surface area contributed by atoms with Crippen LogP contribution in [0.1, 0.15) is 16.6 Å². The van der Waals surface area contributed by atoms with E-state index >= 15 is 0 Å². The molecule has 1 nitrogen and oxygen atoms in total. The predicted octanol–water partition coefficient (Wildman–Crippen LogP) is 2.95. The number of hydrogen-bond donors (Lipinski definition) is 0. The van der Waals surface area contributed by atoms with E-state index in [-0.39, 0.29) is 0 Å². The van der Waals surface area contributed by atoms with Gasteiger partial charge in [-0.1, -0.05) is 0 Å². The van der Waals surface area contributed by atoms with E-state index in [1.54, 1.807) is 0 Å². The Morgan fingerprint density at radius 3 is 2.50 bits per heavy atom. The molecule has 64 valence electrons. The fourth-order valence-electron chi connectivity index (χ4n) is 1.20. The normalized spacial score (nSPS) is 19.3. The summed E-state index contributed by atoms with van der Waals surface area (Å²) in [4.78, 5) is 4.02. The number of nitrogens with zero attached hydrogens (tertiary/aromatic N) is 1. The van der Waals surface area contributed by atoms with E-state index in [4.69, 9.17) is 0 Å². The third-order valence-corrected chi connectivity index (χ3v) is 4.82. The average Bonchev–Trinajstić information content (AvgIpc) is 2.21. The molecule has 0 saturated carbocycles. The summed E-state index contributed by atoms with van der Waals surface area (Å²) in [5.74, 6) is 2.61. The Morgan fingerprint density at radius 2 is 1.83 bits per heavy atom. The van der Waals surface area contributed by atoms with Crippen LogP contribution in [0.2, 0.25) is 0 Å². The lowest BCUT2D eigenvalue weighted by atomic mass is 10.3. The van der Waals surface area contributed by atoms with E-state index in [1.165, 1.54) is 23.5 Å². The Labute approximate surface area is 81.4 Å². The summed E-state index contributed by atoms with van der Waals surface area (Å²) in [7, 11) is 0. The van der Waals surface area contributed by atoms with Gasteiger partial charge in [-0.05, 0) is 35.6 Å². The minimum atomic E-state index is 0.654. The zero-order valence-electron chi connectivity index (χ0n) is 6.77. The maximum Gasteiger partial charge on any atom is 0.0752 e. The quantitative estimate of drug-likeness (QED) is 0.687. The molecule has 1 fully saturated rings. The smallest absolute Gasteiger partial charge is 0.0752 e. The van der Waals surface area contributed by atoms with Gasteiger partial charge in [0.25, 0.3) is 0 Å². The number of pyridine rings is 1. The van der Waals surface area contributed by atoms with Crippen LogP contribution in [0.4, 0.5) is 0 Å². The van der Waals surface area contributed by atoms with Crippen molar-refractivity contribution in [1.82, 2.24) is 4.98 Å². The summed E-state index contributed by atoms with van der Waals surface area (Å²) in [6.07, 6.45) is 5.12. The summed E-state index contributed by atoms with van der Waals surface area (Å²) < 4.78 is 0.654. The molecule has 0 spiro atoms. The number of thioether (sulfide) groups is 2. The second-order valence-electron chi connectivity index (χ2n) is 2.71. The SMILES string of the molecule is c1cc(C2SCCCS2)ccn1. The molecule has 2 heterocycles. The summed E-state index contributed by atoms with van der Waals surface area (Å²) in [5.41, 5.74) is 1.42. The van der Waals surface area contributed by atoms with Gasteiger partial charge in [0.15, 0.2) is 0 Å². The molecule has 12 heavy (non-hydrogen) atoms. The van der Waals surface area contributed by atoms with Gasteiger partial charge in [-0.25, -0.2) is 0 Å². The van der Waals surface area contributed by atoms with Crippen molar-refractivity contribution in [3.05, 3.63) is 30.1 Å². The maximum atomic E-state index is 4.02. The second kappa shape index (κ2) is 4.19. The summed E-state index contributed by atoms with van der Waals surface area (Å²) in [6.45, 7) is 0. The van der Waals surface area contributed by atoms with Gasteiger partial charge in [0.05, 0.1) is 4.58 Å². The minimum Gasteiger partial charge on any atom is -0.265 e. The first-order chi connectivity index (χ1) is 5.97. The van der Waals surface area contributed by atoms with Gasteiger partial charge in [-0.3, -0.25) is 4.98 Å². The molecular weight excluding hydrogens is 186 g/mol. The highest BCUT2D eigenvalue weighted by molar-refractivity contribution is 8.16. The van der Waals surface area contributed by atoms with Gasteiger partial charge in [0.1, 0.15) is 0 Å². The maximum absolute atomic E-state index is 4.02. The molecule has 0 atom stereocenters. The highest BCUT2D eigenvalue weighted by atomic mass is 32.2.